The second-order valence-electron chi connectivity index (χ2n) is 2.15. The molecule has 0 saturated heterocycles. The SMILES string of the molecule is Cl.O=C(O)Cc1c(Cl)cncc1Cl. The number of halogens is 3. The molecule has 6 heteroatoms. The third-order valence-corrected chi connectivity index (χ3v) is 1.93. The van der Waals surface area contributed by atoms with Crippen molar-refractivity contribution < 1.29 is 9.90 Å². The maximum atomic E-state index is 10.3. The Morgan fingerprint density at radius 3 is 2.23 bits per heavy atom. The molecule has 0 saturated carbocycles. The molecule has 0 aliphatic carbocycles. The molecule has 72 valence electrons. The maximum absolute atomic E-state index is 10.3. The number of aliphatic carboxylic acids is 1. The van der Waals surface area contributed by atoms with Crippen molar-refractivity contribution in [1.29, 1.82) is 0 Å². The Balaban J connectivity index is 0.00000144. The molecular weight excluding hydrogens is 236 g/mol. The Kier molecular flexibility index (Phi) is 5.06. The molecule has 0 atom stereocenters. The Morgan fingerprint density at radius 1 is 1.38 bits per heavy atom. The van der Waals surface area contributed by atoms with Gasteiger partial charge in [0.1, 0.15) is 0 Å². The van der Waals surface area contributed by atoms with Gasteiger partial charge < -0.3 is 5.11 Å². The number of hydrogen-bond donors (Lipinski definition) is 1. The van der Waals surface area contributed by atoms with Crippen molar-refractivity contribution in [2.24, 2.45) is 0 Å². The lowest BCUT2D eigenvalue weighted by molar-refractivity contribution is -0.136. The summed E-state index contributed by atoms with van der Waals surface area (Å²) in [6.07, 6.45) is 2.55. The number of carbonyl (C=O) groups is 1. The Hall–Kier alpha value is -0.510. The van der Waals surface area contributed by atoms with Crippen LogP contribution in [-0.4, -0.2) is 16.1 Å². The third kappa shape index (κ3) is 3.38. The van der Waals surface area contributed by atoms with Crippen LogP contribution in [0, 0.1) is 0 Å². The normalized spacial score (nSPS) is 9.08. The van der Waals surface area contributed by atoms with Crippen molar-refractivity contribution in [3.8, 4) is 0 Å². The van der Waals surface area contributed by atoms with Crippen molar-refractivity contribution in [2.45, 2.75) is 6.42 Å². The Bertz CT molecular complexity index is 296. The van der Waals surface area contributed by atoms with E-state index in [9.17, 15) is 4.79 Å². The summed E-state index contributed by atoms with van der Waals surface area (Å²) in [5.74, 6) is -0.968. The van der Waals surface area contributed by atoms with Gasteiger partial charge in [0.05, 0.1) is 16.5 Å². The summed E-state index contributed by atoms with van der Waals surface area (Å²) in [7, 11) is 0. The van der Waals surface area contributed by atoms with Gasteiger partial charge in [0.15, 0.2) is 0 Å². The quantitative estimate of drug-likeness (QED) is 0.866. The molecule has 0 bridgehead atoms. The van der Waals surface area contributed by atoms with E-state index in [1.807, 2.05) is 0 Å². The van der Waals surface area contributed by atoms with Crippen molar-refractivity contribution >= 4 is 41.6 Å². The standard InChI is InChI=1S/C7H5Cl2NO2.ClH/c8-5-2-10-3-6(9)4(5)1-7(11)12;/h2-3H,1H2,(H,11,12);1H. The van der Waals surface area contributed by atoms with Crippen LogP contribution in [0.3, 0.4) is 0 Å². The zero-order valence-corrected chi connectivity index (χ0v) is 8.66. The smallest absolute Gasteiger partial charge is 0.307 e. The second-order valence-corrected chi connectivity index (χ2v) is 2.97. The summed E-state index contributed by atoms with van der Waals surface area (Å²) in [5, 5.41) is 9.04. The van der Waals surface area contributed by atoms with Crippen molar-refractivity contribution in [1.82, 2.24) is 4.98 Å². The summed E-state index contributed by atoms with van der Waals surface area (Å²) >= 11 is 11.3. The zero-order chi connectivity index (χ0) is 9.14. The van der Waals surface area contributed by atoms with Crippen LogP contribution in [0.1, 0.15) is 5.56 Å². The van der Waals surface area contributed by atoms with Gasteiger partial charge in [-0.1, -0.05) is 23.2 Å². The van der Waals surface area contributed by atoms with Crippen LogP contribution in [-0.2, 0) is 11.2 Å². The van der Waals surface area contributed by atoms with Crippen LogP contribution in [0.2, 0.25) is 10.0 Å². The highest BCUT2D eigenvalue weighted by Crippen LogP contribution is 2.22. The fourth-order valence-corrected chi connectivity index (χ4v) is 1.26. The predicted molar refractivity (Wildman–Crippen MR) is 52.8 cm³/mol. The first-order valence-electron chi connectivity index (χ1n) is 3.11. The van der Waals surface area contributed by atoms with Crippen LogP contribution in [0.15, 0.2) is 12.4 Å². The zero-order valence-electron chi connectivity index (χ0n) is 6.33. The summed E-state index contributed by atoms with van der Waals surface area (Å²) in [6, 6.07) is 0. The first kappa shape index (κ1) is 12.5. The van der Waals surface area contributed by atoms with Crippen LogP contribution in [0.25, 0.3) is 0 Å². The number of hydrogen-bond acceptors (Lipinski definition) is 2. The van der Waals surface area contributed by atoms with E-state index in [1.165, 1.54) is 12.4 Å². The molecule has 1 aromatic heterocycles. The molecule has 0 aliphatic heterocycles. The molecule has 0 unspecified atom stereocenters. The van der Waals surface area contributed by atoms with Crippen LogP contribution in [0.4, 0.5) is 0 Å². The van der Waals surface area contributed by atoms with E-state index < -0.39 is 5.97 Å². The molecule has 3 nitrogen and oxygen atoms in total. The lowest BCUT2D eigenvalue weighted by Gasteiger charge is -2.01. The van der Waals surface area contributed by atoms with Crippen molar-refractivity contribution in [3.05, 3.63) is 28.0 Å². The van der Waals surface area contributed by atoms with Crippen molar-refractivity contribution in [2.75, 3.05) is 0 Å². The number of carboxylic acids is 1. The Labute approximate surface area is 91.1 Å². The van der Waals surface area contributed by atoms with Gasteiger partial charge in [-0.2, -0.15) is 0 Å². The molecule has 0 spiro atoms. The minimum atomic E-state index is -0.968. The molecule has 0 fully saturated rings. The van der Waals surface area contributed by atoms with Gasteiger partial charge in [-0.3, -0.25) is 9.78 Å². The average molecular weight is 242 g/mol. The van der Waals surface area contributed by atoms with E-state index in [4.69, 9.17) is 28.3 Å². The number of pyridine rings is 1. The largest absolute Gasteiger partial charge is 0.481 e. The average Bonchev–Trinajstić information content (AvgIpc) is 1.97. The van der Waals surface area contributed by atoms with E-state index in [0.29, 0.717) is 5.56 Å². The van der Waals surface area contributed by atoms with Gasteiger partial charge in [0.2, 0.25) is 0 Å². The monoisotopic (exact) mass is 241 g/mol. The van der Waals surface area contributed by atoms with E-state index in [0.717, 1.165) is 0 Å². The molecule has 1 N–H and O–H groups in total. The van der Waals surface area contributed by atoms with Crippen LogP contribution >= 0.6 is 35.6 Å². The highest BCUT2D eigenvalue weighted by molar-refractivity contribution is 6.36. The lowest BCUT2D eigenvalue weighted by Crippen LogP contribution is -2.01. The molecule has 0 amide bonds. The molecule has 0 aromatic carbocycles. The molecule has 0 radical (unpaired) electrons. The summed E-state index contributed by atoms with van der Waals surface area (Å²) in [5.41, 5.74) is 0.404. The summed E-state index contributed by atoms with van der Waals surface area (Å²) in [6.45, 7) is 0. The summed E-state index contributed by atoms with van der Waals surface area (Å²) in [4.78, 5) is 14.0. The number of rotatable bonds is 2. The third-order valence-electron chi connectivity index (χ3n) is 1.28. The first-order valence-corrected chi connectivity index (χ1v) is 3.86. The molecule has 1 aromatic rings. The maximum Gasteiger partial charge on any atom is 0.307 e. The molecular formula is C7H6Cl3NO2. The van der Waals surface area contributed by atoms with Gasteiger partial charge in [-0.05, 0) is 0 Å². The van der Waals surface area contributed by atoms with Gasteiger partial charge in [-0.15, -0.1) is 12.4 Å². The Morgan fingerprint density at radius 2 is 1.85 bits per heavy atom. The molecule has 1 rings (SSSR count). The van der Waals surface area contributed by atoms with E-state index in [2.05, 4.69) is 4.98 Å². The number of nitrogens with zero attached hydrogens (tertiary/aromatic N) is 1. The van der Waals surface area contributed by atoms with Gasteiger partial charge in [0.25, 0.3) is 0 Å². The molecule has 0 aliphatic rings. The van der Waals surface area contributed by atoms with Crippen molar-refractivity contribution in [3.63, 3.8) is 0 Å². The molecule has 13 heavy (non-hydrogen) atoms. The van der Waals surface area contributed by atoms with E-state index >= 15 is 0 Å². The van der Waals surface area contributed by atoms with Crippen LogP contribution in [0.5, 0.6) is 0 Å². The second kappa shape index (κ2) is 5.27. The van der Waals surface area contributed by atoms with Crippen LogP contribution < -0.4 is 0 Å². The number of aromatic nitrogens is 1. The topological polar surface area (TPSA) is 50.2 Å². The van der Waals surface area contributed by atoms with E-state index in [-0.39, 0.29) is 28.9 Å². The fraction of sp³-hybridized carbons (Fsp3) is 0.143. The molecule has 1 heterocycles. The lowest BCUT2D eigenvalue weighted by atomic mass is 10.2. The minimum absolute atomic E-state index is 0. The highest BCUT2D eigenvalue weighted by atomic mass is 35.5. The predicted octanol–water partition coefficient (Wildman–Crippen LogP) is 2.44. The summed E-state index contributed by atoms with van der Waals surface area (Å²) < 4.78 is 0. The highest BCUT2D eigenvalue weighted by Gasteiger charge is 2.09. The number of carboxylic acid groups (broad SMARTS) is 1. The van der Waals surface area contributed by atoms with Gasteiger partial charge in [0, 0.05) is 18.0 Å². The van der Waals surface area contributed by atoms with Gasteiger partial charge >= 0.3 is 5.97 Å². The van der Waals surface area contributed by atoms with E-state index in [1.54, 1.807) is 0 Å². The first-order chi connectivity index (χ1) is 5.61. The van der Waals surface area contributed by atoms with Gasteiger partial charge in [-0.25, -0.2) is 0 Å². The minimum Gasteiger partial charge on any atom is -0.481 e. The fourth-order valence-electron chi connectivity index (χ4n) is 0.758.